The smallest absolute Gasteiger partial charge is 0.246 e. The van der Waals surface area contributed by atoms with Crippen LogP contribution in [-0.4, -0.2) is 71.1 Å². The van der Waals surface area contributed by atoms with Crippen LogP contribution in [0.3, 0.4) is 0 Å². The molecule has 3 heterocycles. The third kappa shape index (κ3) is 3.31. The van der Waals surface area contributed by atoms with Crippen LogP contribution in [0.2, 0.25) is 0 Å². The molecule has 220 valence electrons. The average molecular weight is 562 g/mol. The number of nitrogens with zero attached hydrogens (tertiary/aromatic N) is 1. The van der Waals surface area contributed by atoms with E-state index in [0.717, 1.165) is 24.1 Å². The van der Waals surface area contributed by atoms with E-state index in [1.54, 1.807) is 7.05 Å². The third-order valence-electron chi connectivity index (χ3n) is 11.5. The van der Waals surface area contributed by atoms with Crippen molar-refractivity contribution in [2.24, 2.45) is 16.3 Å². The molecular formula is C33H43N3O5. The Balaban J connectivity index is 1.40. The number of carbonyl (C=O) groups is 1. The van der Waals surface area contributed by atoms with E-state index in [1.165, 1.54) is 16.6 Å². The van der Waals surface area contributed by atoms with E-state index < -0.39 is 28.5 Å². The summed E-state index contributed by atoms with van der Waals surface area (Å²) >= 11 is 0. The molecular weight excluding hydrogens is 518 g/mol. The molecule has 2 aliphatic heterocycles. The molecule has 1 aromatic heterocycles. The molecule has 5 aliphatic rings. The molecule has 3 N–H and O–H groups in total. The number of aliphatic hydroxyl groups is 1. The van der Waals surface area contributed by atoms with Gasteiger partial charge in [-0.15, -0.1) is 0 Å². The second-order valence-corrected chi connectivity index (χ2v) is 13.8. The first-order valence-electron chi connectivity index (χ1n) is 15.2. The highest BCUT2D eigenvalue weighted by Crippen LogP contribution is 2.72. The van der Waals surface area contributed by atoms with Crippen molar-refractivity contribution >= 4 is 22.5 Å². The monoisotopic (exact) mass is 561 g/mol. The van der Waals surface area contributed by atoms with E-state index in [0.29, 0.717) is 31.4 Å². The van der Waals surface area contributed by atoms with Gasteiger partial charge in [0, 0.05) is 53.0 Å². The number of carbonyl (C=O) groups excluding carboxylic acids is 1. The maximum absolute atomic E-state index is 13.5. The van der Waals surface area contributed by atoms with Crippen LogP contribution in [0.25, 0.3) is 10.9 Å². The highest BCUT2D eigenvalue weighted by molar-refractivity contribution is 6.02. The SMILES string of the molecule is CCCNC(=O)CO[C@H]1CC2Cc3c([nH]c4ccccc34)[C@]2(C)C2(C)CCC34OC(C(=NC)C=C3[C@]12O)C(C)(C)O4. The zero-order valence-electron chi connectivity index (χ0n) is 25.1. The Morgan fingerprint density at radius 1 is 1.22 bits per heavy atom. The van der Waals surface area contributed by atoms with Gasteiger partial charge in [-0.3, -0.25) is 9.79 Å². The lowest BCUT2D eigenvalue weighted by Gasteiger charge is -2.67. The Bertz CT molecular complexity index is 1490. The first-order valence-corrected chi connectivity index (χ1v) is 15.2. The van der Waals surface area contributed by atoms with Crippen molar-refractivity contribution in [2.75, 3.05) is 20.2 Å². The number of aromatic nitrogens is 1. The molecule has 8 heteroatoms. The van der Waals surface area contributed by atoms with Gasteiger partial charge in [0.2, 0.25) is 5.91 Å². The minimum atomic E-state index is -1.47. The molecule has 1 amide bonds. The summed E-state index contributed by atoms with van der Waals surface area (Å²) in [6.07, 6.45) is 4.74. The molecule has 4 unspecified atom stereocenters. The van der Waals surface area contributed by atoms with E-state index >= 15 is 0 Å². The van der Waals surface area contributed by atoms with E-state index in [-0.39, 0.29) is 30.0 Å². The van der Waals surface area contributed by atoms with Gasteiger partial charge in [0.1, 0.15) is 18.3 Å². The molecule has 2 saturated carbocycles. The fourth-order valence-electron chi connectivity index (χ4n) is 9.28. The predicted molar refractivity (Wildman–Crippen MR) is 157 cm³/mol. The standard InChI is InChI=1S/C33H43N3O5/c1-7-14-35-26(37)18-39-25-16-19-15-21-20-10-8-9-11-22(20)36-27(21)31(19,5)30(4)12-13-32-24(33(25,30)38)17-23(34-6)28(40-32)29(2,3)41-32/h8-11,17,19,25,28,36,38H,7,12-16,18H2,1-6H3,(H,35,37)/t19?,25-,28?,30?,31+,32?,33-/m0/s1. The summed E-state index contributed by atoms with van der Waals surface area (Å²) in [6.45, 7) is 11.1. The van der Waals surface area contributed by atoms with Crippen molar-refractivity contribution in [3.05, 3.63) is 47.2 Å². The highest BCUT2D eigenvalue weighted by atomic mass is 16.8. The fourth-order valence-corrected chi connectivity index (χ4v) is 9.28. The number of nitrogens with one attached hydrogen (secondary N) is 2. The van der Waals surface area contributed by atoms with Gasteiger partial charge in [-0.1, -0.05) is 39.0 Å². The molecule has 1 spiro atoms. The second-order valence-electron chi connectivity index (χ2n) is 13.8. The van der Waals surface area contributed by atoms with Crippen LogP contribution in [0.15, 0.2) is 40.9 Å². The first kappa shape index (κ1) is 27.3. The normalized spacial score (nSPS) is 41.0. The molecule has 1 saturated heterocycles. The lowest BCUT2D eigenvalue weighted by Crippen LogP contribution is -2.75. The van der Waals surface area contributed by atoms with Crippen molar-refractivity contribution in [3.8, 4) is 0 Å². The lowest BCUT2D eigenvalue weighted by molar-refractivity contribution is -0.278. The molecule has 7 atom stereocenters. The number of para-hydroxylation sites is 1. The predicted octanol–water partition coefficient (Wildman–Crippen LogP) is 4.35. The topological polar surface area (TPSA) is 105 Å². The van der Waals surface area contributed by atoms with Gasteiger partial charge in [0.05, 0.1) is 17.4 Å². The van der Waals surface area contributed by atoms with Crippen molar-refractivity contribution in [3.63, 3.8) is 0 Å². The van der Waals surface area contributed by atoms with Gasteiger partial charge in [-0.25, -0.2) is 0 Å². The largest absolute Gasteiger partial charge is 0.382 e. The maximum Gasteiger partial charge on any atom is 0.246 e. The van der Waals surface area contributed by atoms with Crippen LogP contribution in [0, 0.1) is 11.3 Å². The third-order valence-corrected chi connectivity index (χ3v) is 11.5. The number of ether oxygens (including phenoxy) is 3. The minimum Gasteiger partial charge on any atom is -0.382 e. The summed E-state index contributed by atoms with van der Waals surface area (Å²) in [5, 5.41) is 17.6. The zero-order valence-corrected chi connectivity index (χ0v) is 25.1. The van der Waals surface area contributed by atoms with E-state index in [1.807, 2.05) is 26.8 Å². The molecule has 8 nitrogen and oxygen atoms in total. The summed E-state index contributed by atoms with van der Waals surface area (Å²) in [5.74, 6) is -0.996. The quantitative estimate of drug-likeness (QED) is 0.504. The van der Waals surface area contributed by atoms with Crippen LogP contribution in [0.4, 0.5) is 0 Å². The number of hydrogen-bond donors (Lipinski definition) is 3. The molecule has 0 radical (unpaired) electrons. The Morgan fingerprint density at radius 2 is 2.00 bits per heavy atom. The second kappa shape index (κ2) is 8.75. The van der Waals surface area contributed by atoms with E-state index in [4.69, 9.17) is 14.2 Å². The average Bonchev–Trinajstić information content (AvgIpc) is 3.53. The number of amides is 1. The summed E-state index contributed by atoms with van der Waals surface area (Å²) in [6, 6.07) is 8.49. The summed E-state index contributed by atoms with van der Waals surface area (Å²) < 4.78 is 20.0. The molecule has 2 bridgehead atoms. The summed E-state index contributed by atoms with van der Waals surface area (Å²) in [4.78, 5) is 21.1. The van der Waals surface area contributed by atoms with Gasteiger partial charge in [-0.2, -0.15) is 0 Å². The lowest BCUT2D eigenvalue weighted by atomic mass is 9.41. The molecule has 41 heavy (non-hydrogen) atoms. The van der Waals surface area contributed by atoms with Gasteiger partial charge in [0.15, 0.2) is 5.79 Å². The summed E-state index contributed by atoms with van der Waals surface area (Å²) in [5.41, 5.74) is 2.03. The Kier molecular flexibility index (Phi) is 5.83. The fraction of sp³-hybridized carbons (Fsp3) is 0.636. The van der Waals surface area contributed by atoms with Gasteiger partial charge in [0.25, 0.3) is 0 Å². The molecule has 3 aliphatic carbocycles. The maximum atomic E-state index is 13.5. The van der Waals surface area contributed by atoms with Crippen molar-refractivity contribution in [1.29, 1.82) is 0 Å². The van der Waals surface area contributed by atoms with Crippen LogP contribution < -0.4 is 5.32 Å². The number of aliphatic imine (C=N–C) groups is 1. The number of rotatable bonds is 5. The van der Waals surface area contributed by atoms with Gasteiger partial charge >= 0.3 is 0 Å². The van der Waals surface area contributed by atoms with Crippen LogP contribution in [0.5, 0.6) is 0 Å². The minimum absolute atomic E-state index is 0.106. The van der Waals surface area contributed by atoms with Crippen LogP contribution in [-0.2, 0) is 30.8 Å². The van der Waals surface area contributed by atoms with E-state index in [2.05, 4.69) is 53.4 Å². The van der Waals surface area contributed by atoms with Gasteiger partial charge in [-0.05, 0) is 63.2 Å². The Hall–Kier alpha value is -2.52. The number of fused-ring (bicyclic) bond motifs is 9. The first-order chi connectivity index (χ1) is 19.4. The number of hydrogen-bond acceptors (Lipinski definition) is 6. The summed E-state index contributed by atoms with van der Waals surface area (Å²) in [7, 11) is 1.77. The van der Waals surface area contributed by atoms with Crippen molar-refractivity contribution in [2.45, 2.75) is 101 Å². The zero-order chi connectivity index (χ0) is 29.0. The van der Waals surface area contributed by atoms with Gasteiger partial charge < -0.3 is 29.6 Å². The highest BCUT2D eigenvalue weighted by Gasteiger charge is 2.77. The number of H-pyrrole nitrogens is 1. The molecule has 7 rings (SSSR count). The Labute approximate surface area is 241 Å². The number of aromatic amines is 1. The number of benzene rings is 1. The van der Waals surface area contributed by atoms with Crippen molar-refractivity contribution in [1.82, 2.24) is 10.3 Å². The Morgan fingerprint density at radius 3 is 2.76 bits per heavy atom. The van der Waals surface area contributed by atoms with E-state index in [9.17, 15) is 9.90 Å². The molecule has 1 aromatic carbocycles. The van der Waals surface area contributed by atoms with Crippen LogP contribution in [0.1, 0.15) is 71.6 Å². The van der Waals surface area contributed by atoms with Crippen LogP contribution >= 0.6 is 0 Å². The molecule has 2 aromatic rings. The molecule has 3 fully saturated rings. The van der Waals surface area contributed by atoms with Crippen molar-refractivity contribution < 1.29 is 24.1 Å².